The van der Waals surface area contributed by atoms with Gasteiger partial charge >= 0.3 is 0 Å². The van der Waals surface area contributed by atoms with Crippen LogP contribution < -0.4 is 11.1 Å². The normalized spacial score (nSPS) is 15.5. The molecule has 0 radical (unpaired) electrons. The number of nitrogens with one attached hydrogen (secondary N) is 1. The smallest absolute Gasteiger partial charge is 0.224 e. The van der Waals surface area contributed by atoms with Gasteiger partial charge in [-0.05, 0) is 26.9 Å². The van der Waals surface area contributed by atoms with Gasteiger partial charge < -0.3 is 16.0 Å². The lowest BCUT2D eigenvalue weighted by Gasteiger charge is -2.23. The van der Waals surface area contributed by atoms with Gasteiger partial charge in [0.1, 0.15) is 0 Å². The van der Waals surface area contributed by atoms with Gasteiger partial charge in [0.05, 0.1) is 5.92 Å². The molecule has 2 atom stereocenters. The van der Waals surface area contributed by atoms with Gasteiger partial charge in [-0.3, -0.25) is 4.79 Å². The molecule has 1 amide bonds. The fourth-order valence-electron chi connectivity index (χ4n) is 1.63. The van der Waals surface area contributed by atoms with Crippen molar-refractivity contribution in [1.29, 1.82) is 0 Å². The Kier molecular flexibility index (Phi) is 6.52. The molecule has 0 aliphatic heterocycles. The quantitative estimate of drug-likeness (QED) is 0.669. The van der Waals surface area contributed by atoms with E-state index in [0.29, 0.717) is 12.5 Å². The van der Waals surface area contributed by atoms with Crippen LogP contribution >= 0.6 is 0 Å². The molecule has 0 aromatic rings. The van der Waals surface area contributed by atoms with Crippen molar-refractivity contribution in [3.05, 3.63) is 0 Å². The first kappa shape index (κ1) is 14.4. The van der Waals surface area contributed by atoms with Crippen LogP contribution in [0.15, 0.2) is 0 Å². The van der Waals surface area contributed by atoms with E-state index in [-0.39, 0.29) is 17.9 Å². The Morgan fingerprint density at radius 1 is 1.33 bits per heavy atom. The monoisotopic (exact) mass is 215 g/mol. The van der Waals surface area contributed by atoms with E-state index in [1.54, 1.807) is 0 Å². The average Bonchev–Trinajstić information content (AvgIpc) is 2.01. The SMILES string of the molecule is CC(CN(C)C)NC(=O)C(CN)C(C)C. The number of likely N-dealkylation sites (N-methyl/N-ethyl adjacent to an activating group) is 1. The first-order valence-electron chi connectivity index (χ1n) is 5.53. The van der Waals surface area contributed by atoms with Crippen LogP contribution in [0.5, 0.6) is 0 Å². The molecular weight excluding hydrogens is 190 g/mol. The van der Waals surface area contributed by atoms with Crippen molar-refractivity contribution in [1.82, 2.24) is 10.2 Å². The highest BCUT2D eigenvalue weighted by Gasteiger charge is 2.21. The molecule has 0 spiro atoms. The Labute approximate surface area is 93.2 Å². The summed E-state index contributed by atoms with van der Waals surface area (Å²) in [6.07, 6.45) is 0. The van der Waals surface area contributed by atoms with Crippen LogP contribution in [0.2, 0.25) is 0 Å². The van der Waals surface area contributed by atoms with Gasteiger partial charge in [-0.1, -0.05) is 13.8 Å². The molecule has 0 heterocycles. The summed E-state index contributed by atoms with van der Waals surface area (Å²) < 4.78 is 0. The molecule has 0 saturated heterocycles. The minimum atomic E-state index is -0.0744. The van der Waals surface area contributed by atoms with Crippen molar-refractivity contribution >= 4 is 5.91 Å². The van der Waals surface area contributed by atoms with Gasteiger partial charge in [-0.25, -0.2) is 0 Å². The summed E-state index contributed by atoms with van der Waals surface area (Å²) >= 11 is 0. The standard InChI is InChI=1S/C11H25N3O/c1-8(2)10(6-12)11(15)13-9(3)7-14(4)5/h8-10H,6-7,12H2,1-5H3,(H,13,15). The highest BCUT2D eigenvalue weighted by atomic mass is 16.2. The third-order valence-corrected chi connectivity index (χ3v) is 2.42. The van der Waals surface area contributed by atoms with Crippen LogP contribution in [-0.4, -0.2) is 44.0 Å². The molecule has 90 valence electrons. The Morgan fingerprint density at radius 2 is 1.87 bits per heavy atom. The van der Waals surface area contributed by atoms with Crippen LogP contribution in [0.25, 0.3) is 0 Å². The van der Waals surface area contributed by atoms with E-state index in [1.165, 1.54) is 0 Å². The second kappa shape index (κ2) is 6.80. The predicted molar refractivity (Wildman–Crippen MR) is 63.5 cm³/mol. The van der Waals surface area contributed by atoms with E-state index in [1.807, 2.05) is 34.9 Å². The molecule has 0 saturated carbocycles. The Bertz CT molecular complexity index is 192. The van der Waals surface area contributed by atoms with E-state index in [2.05, 4.69) is 10.2 Å². The number of carbonyl (C=O) groups is 1. The molecule has 3 N–H and O–H groups in total. The van der Waals surface area contributed by atoms with Gasteiger partial charge in [0.25, 0.3) is 0 Å². The first-order chi connectivity index (χ1) is 6.88. The van der Waals surface area contributed by atoms with Crippen molar-refractivity contribution < 1.29 is 4.79 Å². The minimum Gasteiger partial charge on any atom is -0.352 e. The van der Waals surface area contributed by atoms with Crippen LogP contribution in [0.3, 0.4) is 0 Å². The maximum atomic E-state index is 11.8. The lowest BCUT2D eigenvalue weighted by molar-refractivity contribution is -0.126. The third-order valence-electron chi connectivity index (χ3n) is 2.42. The number of carbonyl (C=O) groups excluding carboxylic acids is 1. The van der Waals surface area contributed by atoms with E-state index in [0.717, 1.165) is 6.54 Å². The van der Waals surface area contributed by atoms with Gasteiger partial charge in [0.2, 0.25) is 5.91 Å². The van der Waals surface area contributed by atoms with Crippen molar-refractivity contribution in [2.45, 2.75) is 26.8 Å². The van der Waals surface area contributed by atoms with Gasteiger partial charge in [0, 0.05) is 19.1 Å². The lowest BCUT2D eigenvalue weighted by atomic mass is 9.95. The molecule has 0 aliphatic carbocycles. The number of nitrogens with two attached hydrogens (primary N) is 1. The molecule has 0 rings (SSSR count). The summed E-state index contributed by atoms with van der Waals surface area (Å²) in [4.78, 5) is 13.9. The van der Waals surface area contributed by atoms with Crippen molar-refractivity contribution in [2.75, 3.05) is 27.2 Å². The molecule has 4 heteroatoms. The highest BCUT2D eigenvalue weighted by Crippen LogP contribution is 2.09. The first-order valence-corrected chi connectivity index (χ1v) is 5.53. The molecule has 4 nitrogen and oxygen atoms in total. The minimum absolute atomic E-state index is 0.0712. The number of hydrogen-bond donors (Lipinski definition) is 2. The lowest BCUT2D eigenvalue weighted by Crippen LogP contribution is -2.45. The maximum absolute atomic E-state index is 11.8. The average molecular weight is 215 g/mol. The second-order valence-electron chi connectivity index (χ2n) is 4.76. The fourth-order valence-corrected chi connectivity index (χ4v) is 1.63. The molecule has 2 unspecified atom stereocenters. The summed E-state index contributed by atoms with van der Waals surface area (Å²) in [6.45, 7) is 7.31. The second-order valence-corrected chi connectivity index (χ2v) is 4.76. The van der Waals surface area contributed by atoms with E-state index in [9.17, 15) is 4.79 Å². The molecular formula is C11H25N3O. The topological polar surface area (TPSA) is 58.4 Å². The summed E-state index contributed by atoms with van der Waals surface area (Å²) in [5, 5.41) is 2.98. The van der Waals surface area contributed by atoms with Crippen LogP contribution in [0, 0.1) is 11.8 Å². The van der Waals surface area contributed by atoms with Crippen molar-refractivity contribution in [3.8, 4) is 0 Å². The van der Waals surface area contributed by atoms with E-state index >= 15 is 0 Å². The Hall–Kier alpha value is -0.610. The molecule has 0 fully saturated rings. The van der Waals surface area contributed by atoms with E-state index in [4.69, 9.17) is 5.73 Å². The van der Waals surface area contributed by atoms with Gasteiger partial charge in [-0.2, -0.15) is 0 Å². The third kappa shape index (κ3) is 5.74. The summed E-state index contributed by atoms with van der Waals surface area (Å²) in [7, 11) is 3.98. The summed E-state index contributed by atoms with van der Waals surface area (Å²) in [5.41, 5.74) is 5.58. The number of amides is 1. The highest BCUT2D eigenvalue weighted by molar-refractivity contribution is 5.79. The zero-order chi connectivity index (χ0) is 12.0. The van der Waals surface area contributed by atoms with Gasteiger partial charge in [0.15, 0.2) is 0 Å². The van der Waals surface area contributed by atoms with Crippen LogP contribution in [-0.2, 0) is 4.79 Å². The molecule has 0 aliphatic rings. The maximum Gasteiger partial charge on any atom is 0.224 e. The summed E-state index contributed by atoms with van der Waals surface area (Å²) in [6, 6.07) is 0.167. The Balaban J connectivity index is 4.10. The van der Waals surface area contributed by atoms with Crippen LogP contribution in [0.1, 0.15) is 20.8 Å². The Morgan fingerprint density at radius 3 is 2.20 bits per heavy atom. The number of rotatable bonds is 6. The number of hydrogen-bond acceptors (Lipinski definition) is 3. The van der Waals surface area contributed by atoms with Crippen molar-refractivity contribution in [3.63, 3.8) is 0 Å². The number of nitrogens with zero attached hydrogens (tertiary/aromatic N) is 1. The van der Waals surface area contributed by atoms with E-state index < -0.39 is 0 Å². The van der Waals surface area contributed by atoms with Crippen molar-refractivity contribution in [2.24, 2.45) is 17.6 Å². The largest absolute Gasteiger partial charge is 0.352 e. The van der Waals surface area contributed by atoms with Gasteiger partial charge in [-0.15, -0.1) is 0 Å². The zero-order valence-corrected chi connectivity index (χ0v) is 10.6. The molecule has 0 bridgehead atoms. The predicted octanol–water partition coefficient (Wildman–Crippen LogP) is 0.284. The summed E-state index contributed by atoms with van der Waals surface area (Å²) in [5.74, 6) is 0.290. The zero-order valence-electron chi connectivity index (χ0n) is 10.6. The molecule has 0 aromatic heterocycles. The fraction of sp³-hybridized carbons (Fsp3) is 0.909. The molecule has 15 heavy (non-hydrogen) atoms. The molecule has 0 aromatic carbocycles. The van der Waals surface area contributed by atoms with Crippen LogP contribution in [0.4, 0.5) is 0 Å².